The summed E-state index contributed by atoms with van der Waals surface area (Å²) in [6, 6.07) is 36.3. The zero-order valence-corrected chi connectivity index (χ0v) is 35.5. The lowest BCUT2D eigenvalue weighted by atomic mass is 9.89. The maximum atomic E-state index is 14.3. The van der Waals surface area contributed by atoms with Gasteiger partial charge in [0.25, 0.3) is 0 Å². The van der Waals surface area contributed by atoms with Crippen LogP contribution in [-0.4, -0.2) is 76.4 Å². The molecule has 12 nitrogen and oxygen atoms in total. The van der Waals surface area contributed by atoms with E-state index in [1.165, 1.54) is 13.4 Å². The lowest BCUT2D eigenvalue weighted by Gasteiger charge is -2.51. The Morgan fingerprint density at radius 1 is 0.683 bits per heavy atom. The molecule has 0 aliphatic carbocycles. The summed E-state index contributed by atoms with van der Waals surface area (Å²) in [5.74, 6) is -4.58. The largest absolute Gasteiger partial charge is 0.464 e. The zero-order valence-electron chi connectivity index (χ0n) is 34.5. The molecule has 0 N–H and O–H groups in total. The highest BCUT2D eigenvalue weighted by Gasteiger charge is 2.59. The van der Waals surface area contributed by atoms with Crippen molar-refractivity contribution in [3.05, 3.63) is 168 Å². The molecule has 0 saturated carbocycles. The van der Waals surface area contributed by atoms with Crippen molar-refractivity contribution in [1.82, 2.24) is 0 Å². The Kier molecular flexibility index (Phi) is 13.9. The molecular formula is C47H50O12Si. The van der Waals surface area contributed by atoms with E-state index in [1.807, 2.05) is 0 Å². The highest BCUT2D eigenvalue weighted by atomic mass is 28.4. The van der Waals surface area contributed by atoms with Crippen molar-refractivity contribution in [2.75, 3.05) is 13.7 Å². The molecule has 5 aromatic rings. The molecule has 2 heterocycles. The lowest BCUT2D eigenvalue weighted by molar-refractivity contribution is -0.340. The van der Waals surface area contributed by atoms with E-state index in [0.29, 0.717) is 0 Å². The molecule has 0 radical (unpaired) electrons. The number of furan rings is 1. The van der Waals surface area contributed by atoms with E-state index in [2.05, 4.69) is 33.9 Å². The summed E-state index contributed by atoms with van der Waals surface area (Å²) in [4.78, 5) is 55.9. The number of rotatable bonds is 15. The van der Waals surface area contributed by atoms with E-state index in [-0.39, 0.29) is 39.5 Å². The highest BCUT2D eigenvalue weighted by molar-refractivity contribution is 6.74. The average molecular weight is 835 g/mol. The lowest BCUT2D eigenvalue weighted by Crippen LogP contribution is -2.64. The summed E-state index contributed by atoms with van der Waals surface area (Å²) in [6.07, 6.45) is -5.66. The van der Waals surface area contributed by atoms with Crippen molar-refractivity contribution < 1.29 is 56.4 Å². The molecule has 1 fully saturated rings. The summed E-state index contributed by atoms with van der Waals surface area (Å²) in [5, 5.41) is -0.326. The topological polar surface area (TPSA) is 146 Å². The molecule has 1 aliphatic rings. The number of ether oxygens (including phenoxy) is 6. The van der Waals surface area contributed by atoms with Gasteiger partial charge in [-0.3, -0.25) is 0 Å². The standard InChI is InChI=1S/C47H50O12Si/c1-46(2,3)60(5,6)59-36-30-47(52-4,38-28-19-29-53-38)58-41(39(36)56-44(50)34-24-15-9-16-25-34)40(57-45(51)35-26-17-10-18-27-35)37(55-43(49)33-22-13-8-14-23-33)31-54-42(48)32-20-11-7-12-21-32/h7-29,36-37,39-41H,30-31H2,1-6H3/t36-,37+,39-,40+,41+,47-/m0/s1. The number of carbonyl (C=O) groups excluding carboxylic acids is 4. The van der Waals surface area contributed by atoms with Gasteiger partial charge in [-0.1, -0.05) is 93.6 Å². The Bertz CT molecular complexity index is 2170. The second-order valence-corrected chi connectivity index (χ2v) is 20.6. The summed E-state index contributed by atoms with van der Waals surface area (Å²) in [5.41, 5.74) is 0.788. The van der Waals surface area contributed by atoms with Gasteiger partial charge in [-0.25, -0.2) is 19.2 Å². The van der Waals surface area contributed by atoms with Crippen LogP contribution in [0.2, 0.25) is 18.1 Å². The molecule has 6 rings (SSSR count). The molecule has 60 heavy (non-hydrogen) atoms. The first kappa shape index (κ1) is 43.7. The van der Waals surface area contributed by atoms with Crippen molar-refractivity contribution in [3.8, 4) is 0 Å². The summed E-state index contributed by atoms with van der Waals surface area (Å²) in [7, 11) is -1.30. The van der Waals surface area contributed by atoms with E-state index in [1.54, 1.807) is 133 Å². The van der Waals surface area contributed by atoms with Crippen LogP contribution in [0.5, 0.6) is 0 Å². The van der Waals surface area contributed by atoms with Crippen LogP contribution in [0.4, 0.5) is 0 Å². The number of hydrogen-bond donors (Lipinski definition) is 0. The SMILES string of the molecule is CO[C@@]1(c2ccco2)C[C@H](O[Si](C)(C)C(C)(C)C)[C@H](OC(=O)c2ccccc2)[C@H]([C@H](OC(=O)c2ccccc2)[C@@H](COC(=O)c2ccccc2)OC(=O)c2ccccc2)O1. The number of hydrogen-bond acceptors (Lipinski definition) is 12. The average Bonchev–Trinajstić information content (AvgIpc) is 3.82. The fraction of sp³-hybridized carbons (Fsp3) is 0.319. The summed E-state index contributed by atoms with van der Waals surface area (Å²) < 4.78 is 51.0. The molecule has 1 aliphatic heterocycles. The first-order valence-corrected chi connectivity index (χ1v) is 22.6. The first-order valence-electron chi connectivity index (χ1n) is 19.7. The van der Waals surface area contributed by atoms with Crippen LogP contribution in [0.25, 0.3) is 0 Å². The molecule has 0 unspecified atom stereocenters. The van der Waals surface area contributed by atoms with Crippen molar-refractivity contribution in [3.63, 3.8) is 0 Å². The van der Waals surface area contributed by atoms with E-state index in [9.17, 15) is 19.2 Å². The molecule has 314 valence electrons. The van der Waals surface area contributed by atoms with Gasteiger partial charge >= 0.3 is 23.9 Å². The first-order chi connectivity index (χ1) is 28.7. The Hall–Kier alpha value is -5.86. The molecule has 13 heteroatoms. The smallest absolute Gasteiger partial charge is 0.338 e. The maximum absolute atomic E-state index is 14.3. The van der Waals surface area contributed by atoms with Crippen molar-refractivity contribution in [2.24, 2.45) is 0 Å². The summed E-state index contributed by atoms with van der Waals surface area (Å²) in [6.45, 7) is 9.70. The summed E-state index contributed by atoms with van der Waals surface area (Å²) >= 11 is 0. The third-order valence-electron chi connectivity index (χ3n) is 10.8. The van der Waals surface area contributed by atoms with Crippen LogP contribution in [0, 0.1) is 0 Å². The fourth-order valence-electron chi connectivity index (χ4n) is 6.55. The van der Waals surface area contributed by atoms with Gasteiger partial charge in [0.1, 0.15) is 12.7 Å². The van der Waals surface area contributed by atoms with Crippen LogP contribution in [0.3, 0.4) is 0 Å². The van der Waals surface area contributed by atoms with Gasteiger partial charge in [-0.2, -0.15) is 0 Å². The Morgan fingerprint density at radius 3 is 1.63 bits per heavy atom. The predicted molar refractivity (Wildman–Crippen MR) is 223 cm³/mol. The Balaban J connectivity index is 1.54. The molecule has 6 atom stereocenters. The molecule has 0 spiro atoms. The van der Waals surface area contributed by atoms with Gasteiger partial charge in [-0.05, 0) is 78.8 Å². The van der Waals surface area contributed by atoms with E-state index < -0.39 is 75.1 Å². The normalized spacial score (nSPS) is 20.3. The van der Waals surface area contributed by atoms with E-state index >= 15 is 0 Å². The number of esters is 4. The third-order valence-corrected chi connectivity index (χ3v) is 15.3. The zero-order chi connectivity index (χ0) is 42.9. The molecular weight excluding hydrogens is 785 g/mol. The van der Waals surface area contributed by atoms with E-state index in [4.69, 9.17) is 37.3 Å². The van der Waals surface area contributed by atoms with Gasteiger partial charge in [0.15, 0.2) is 32.4 Å². The van der Waals surface area contributed by atoms with Crippen molar-refractivity contribution in [2.45, 2.75) is 81.6 Å². The van der Waals surface area contributed by atoms with Crippen LogP contribution in [0.15, 0.2) is 144 Å². The second kappa shape index (κ2) is 19.0. The van der Waals surface area contributed by atoms with Crippen molar-refractivity contribution in [1.29, 1.82) is 0 Å². The predicted octanol–water partition coefficient (Wildman–Crippen LogP) is 8.79. The number of benzene rings is 4. The van der Waals surface area contributed by atoms with Gasteiger partial charge in [0.2, 0.25) is 5.79 Å². The second-order valence-electron chi connectivity index (χ2n) is 15.9. The minimum Gasteiger partial charge on any atom is -0.464 e. The molecule has 1 aromatic heterocycles. The van der Waals surface area contributed by atoms with Gasteiger partial charge in [0.05, 0.1) is 34.6 Å². The molecule has 1 saturated heterocycles. The maximum Gasteiger partial charge on any atom is 0.338 e. The number of methoxy groups -OCH3 is 1. The molecule has 0 bridgehead atoms. The third kappa shape index (κ3) is 10.3. The van der Waals surface area contributed by atoms with Crippen LogP contribution in [0.1, 0.15) is 74.4 Å². The van der Waals surface area contributed by atoms with Gasteiger partial charge in [0, 0.05) is 13.5 Å². The quantitative estimate of drug-likeness (QED) is 0.0564. The van der Waals surface area contributed by atoms with Crippen LogP contribution >= 0.6 is 0 Å². The molecule has 4 aromatic carbocycles. The highest BCUT2D eigenvalue weighted by Crippen LogP contribution is 2.46. The monoisotopic (exact) mass is 834 g/mol. The Labute approximate surface area is 350 Å². The minimum absolute atomic E-state index is 0.0381. The van der Waals surface area contributed by atoms with Gasteiger partial charge in [-0.15, -0.1) is 0 Å². The molecule has 0 amide bonds. The number of carbonyl (C=O) groups is 4. The minimum atomic E-state index is -2.73. The van der Waals surface area contributed by atoms with E-state index in [0.717, 1.165) is 0 Å². The van der Waals surface area contributed by atoms with Crippen molar-refractivity contribution >= 4 is 32.2 Å². The Morgan fingerprint density at radius 2 is 1.17 bits per heavy atom. The fourth-order valence-corrected chi connectivity index (χ4v) is 7.88. The van der Waals surface area contributed by atoms with Gasteiger partial charge < -0.3 is 37.3 Å². The van der Waals surface area contributed by atoms with Crippen LogP contribution in [-0.2, 0) is 38.6 Å². The van der Waals surface area contributed by atoms with Crippen LogP contribution < -0.4 is 0 Å².